The third kappa shape index (κ3) is 5.35. The first-order chi connectivity index (χ1) is 8.65. The summed E-state index contributed by atoms with van der Waals surface area (Å²) >= 11 is 9.17. The van der Waals surface area contributed by atoms with Crippen LogP contribution in [-0.4, -0.2) is 39.3 Å². The highest BCUT2D eigenvalue weighted by atomic mass is 79.9. The Hall–Kier alpha value is -0.620. The van der Waals surface area contributed by atoms with E-state index in [-0.39, 0.29) is 5.91 Å². The highest BCUT2D eigenvalue weighted by Gasteiger charge is 2.09. The second kappa shape index (κ2) is 8.48. The Labute approximate surface area is 120 Å². The molecule has 1 aromatic rings. The summed E-state index contributed by atoms with van der Waals surface area (Å²) < 4.78 is 5.63. The Morgan fingerprint density at radius 3 is 2.89 bits per heavy atom. The molecule has 0 atom stereocenters. The highest BCUT2D eigenvalue weighted by molar-refractivity contribution is 9.10. The molecule has 0 aliphatic rings. The summed E-state index contributed by atoms with van der Waals surface area (Å²) in [5, 5.41) is 6.50. The number of halogens is 2. The van der Waals surface area contributed by atoms with Crippen molar-refractivity contribution >= 4 is 33.4 Å². The molecule has 0 unspecified atom stereocenters. The lowest BCUT2D eigenvalue weighted by Gasteiger charge is -2.08. The molecule has 0 aromatic heterocycles. The lowest BCUT2D eigenvalue weighted by Crippen LogP contribution is -2.33. The molecular weight excluding hydrogens is 320 g/mol. The van der Waals surface area contributed by atoms with Crippen LogP contribution in [0.5, 0.6) is 0 Å². The van der Waals surface area contributed by atoms with Gasteiger partial charge in [-0.1, -0.05) is 11.6 Å². The van der Waals surface area contributed by atoms with Crippen LogP contribution < -0.4 is 10.6 Å². The molecule has 0 saturated carbocycles. The molecule has 0 saturated heterocycles. The van der Waals surface area contributed by atoms with Gasteiger partial charge < -0.3 is 15.4 Å². The van der Waals surface area contributed by atoms with Crippen molar-refractivity contribution in [1.82, 2.24) is 10.6 Å². The second-order valence-corrected chi connectivity index (χ2v) is 4.91. The lowest BCUT2D eigenvalue weighted by molar-refractivity contribution is 0.0953. The number of nitrogens with one attached hydrogen (secondary N) is 2. The van der Waals surface area contributed by atoms with Crippen LogP contribution in [0.1, 0.15) is 10.4 Å². The van der Waals surface area contributed by atoms with Crippen LogP contribution in [0, 0.1) is 0 Å². The minimum Gasteiger partial charge on any atom is -0.383 e. The lowest BCUT2D eigenvalue weighted by atomic mass is 10.2. The van der Waals surface area contributed by atoms with E-state index in [4.69, 9.17) is 16.3 Å². The monoisotopic (exact) mass is 334 g/mol. The average molecular weight is 336 g/mol. The van der Waals surface area contributed by atoms with Gasteiger partial charge in [0.15, 0.2) is 0 Å². The standard InChI is InChI=1S/C12H16BrClN2O2/c1-18-7-6-15-4-5-16-12(17)10-8-9(14)2-3-11(10)13/h2-3,8,15H,4-7H2,1H3,(H,16,17). The van der Waals surface area contributed by atoms with E-state index in [0.29, 0.717) is 30.3 Å². The molecule has 0 fully saturated rings. The number of carbonyl (C=O) groups is 1. The maximum absolute atomic E-state index is 11.9. The molecule has 100 valence electrons. The molecule has 6 heteroatoms. The summed E-state index contributed by atoms with van der Waals surface area (Å²) in [5.74, 6) is -0.141. The predicted molar refractivity (Wildman–Crippen MR) is 76.2 cm³/mol. The molecule has 1 aromatic carbocycles. The third-order valence-electron chi connectivity index (χ3n) is 2.24. The van der Waals surface area contributed by atoms with E-state index in [1.165, 1.54) is 0 Å². The molecule has 0 heterocycles. The van der Waals surface area contributed by atoms with Gasteiger partial charge in [-0.15, -0.1) is 0 Å². The zero-order valence-electron chi connectivity index (χ0n) is 10.1. The molecule has 18 heavy (non-hydrogen) atoms. The number of hydrogen-bond acceptors (Lipinski definition) is 3. The molecule has 0 aliphatic heterocycles. The van der Waals surface area contributed by atoms with E-state index >= 15 is 0 Å². The maximum atomic E-state index is 11.9. The second-order valence-electron chi connectivity index (χ2n) is 3.62. The maximum Gasteiger partial charge on any atom is 0.252 e. The number of methoxy groups -OCH3 is 1. The molecule has 0 aliphatic carbocycles. The van der Waals surface area contributed by atoms with Crippen molar-refractivity contribution < 1.29 is 9.53 Å². The quantitative estimate of drug-likeness (QED) is 0.750. The molecule has 1 rings (SSSR count). The number of benzene rings is 1. The van der Waals surface area contributed by atoms with Crippen LogP contribution in [0.3, 0.4) is 0 Å². The normalized spacial score (nSPS) is 10.4. The zero-order chi connectivity index (χ0) is 13.4. The third-order valence-corrected chi connectivity index (χ3v) is 3.17. The van der Waals surface area contributed by atoms with Crippen molar-refractivity contribution in [3.63, 3.8) is 0 Å². The number of amides is 1. The topological polar surface area (TPSA) is 50.4 Å². The van der Waals surface area contributed by atoms with Crippen molar-refractivity contribution in [2.24, 2.45) is 0 Å². The van der Waals surface area contributed by atoms with Crippen LogP contribution in [0.15, 0.2) is 22.7 Å². The fourth-order valence-corrected chi connectivity index (χ4v) is 1.93. The van der Waals surface area contributed by atoms with Crippen molar-refractivity contribution in [2.45, 2.75) is 0 Å². The number of ether oxygens (including phenoxy) is 1. The van der Waals surface area contributed by atoms with Gasteiger partial charge in [-0.2, -0.15) is 0 Å². The highest BCUT2D eigenvalue weighted by Crippen LogP contribution is 2.20. The molecular formula is C12H16BrClN2O2. The van der Waals surface area contributed by atoms with Gasteiger partial charge >= 0.3 is 0 Å². The first-order valence-electron chi connectivity index (χ1n) is 5.58. The van der Waals surface area contributed by atoms with E-state index in [0.717, 1.165) is 11.0 Å². The Balaban J connectivity index is 2.34. The van der Waals surface area contributed by atoms with Crippen LogP contribution in [0.25, 0.3) is 0 Å². The van der Waals surface area contributed by atoms with Crippen LogP contribution in [-0.2, 0) is 4.74 Å². The summed E-state index contributed by atoms with van der Waals surface area (Å²) in [6.07, 6.45) is 0. The summed E-state index contributed by atoms with van der Waals surface area (Å²) in [6, 6.07) is 5.13. The molecule has 0 radical (unpaired) electrons. The minimum absolute atomic E-state index is 0.141. The minimum atomic E-state index is -0.141. The fourth-order valence-electron chi connectivity index (χ4n) is 1.33. The molecule has 0 spiro atoms. The van der Waals surface area contributed by atoms with Gasteiger partial charge in [0.05, 0.1) is 12.2 Å². The zero-order valence-corrected chi connectivity index (χ0v) is 12.5. The van der Waals surface area contributed by atoms with Gasteiger partial charge in [0.2, 0.25) is 0 Å². The van der Waals surface area contributed by atoms with Gasteiger partial charge in [-0.3, -0.25) is 4.79 Å². The summed E-state index contributed by atoms with van der Waals surface area (Å²) in [5.41, 5.74) is 0.541. The van der Waals surface area contributed by atoms with Crippen molar-refractivity contribution in [2.75, 3.05) is 33.4 Å². The van der Waals surface area contributed by atoms with E-state index in [2.05, 4.69) is 26.6 Å². The molecule has 0 bridgehead atoms. The Bertz CT molecular complexity index is 402. The molecule has 4 nitrogen and oxygen atoms in total. The predicted octanol–water partition coefficient (Wildman–Crippen LogP) is 2.07. The van der Waals surface area contributed by atoms with Gasteiger partial charge in [0.1, 0.15) is 0 Å². The van der Waals surface area contributed by atoms with Crippen LogP contribution >= 0.6 is 27.5 Å². The first-order valence-corrected chi connectivity index (χ1v) is 6.75. The fraction of sp³-hybridized carbons (Fsp3) is 0.417. The molecule has 1 amide bonds. The van der Waals surface area contributed by atoms with Crippen molar-refractivity contribution in [3.05, 3.63) is 33.3 Å². The summed E-state index contributed by atoms with van der Waals surface area (Å²) in [4.78, 5) is 11.9. The van der Waals surface area contributed by atoms with E-state index in [1.54, 1.807) is 25.3 Å². The smallest absolute Gasteiger partial charge is 0.252 e. The Kier molecular flexibility index (Phi) is 7.27. The number of carbonyl (C=O) groups excluding carboxylic acids is 1. The SMILES string of the molecule is COCCNCCNC(=O)c1cc(Cl)ccc1Br. The number of rotatable bonds is 7. The molecule has 2 N–H and O–H groups in total. The summed E-state index contributed by atoms with van der Waals surface area (Å²) in [6.45, 7) is 2.69. The van der Waals surface area contributed by atoms with Crippen LogP contribution in [0.2, 0.25) is 5.02 Å². The first kappa shape index (κ1) is 15.4. The van der Waals surface area contributed by atoms with E-state index in [1.807, 2.05) is 0 Å². The largest absolute Gasteiger partial charge is 0.383 e. The van der Waals surface area contributed by atoms with E-state index in [9.17, 15) is 4.79 Å². The Morgan fingerprint density at radius 2 is 2.17 bits per heavy atom. The van der Waals surface area contributed by atoms with Crippen LogP contribution in [0.4, 0.5) is 0 Å². The van der Waals surface area contributed by atoms with Crippen molar-refractivity contribution in [1.29, 1.82) is 0 Å². The van der Waals surface area contributed by atoms with Crippen molar-refractivity contribution in [3.8, 4) is 0 Å². The number of hydrogen-bond donors (Lipinski definition) is 2. The Morgan fingerprint density at radius 1 is 1.39 bits per heavy atom. The van der Waals surface area contributed by atoms with Gasteiger partial charge in [0.25, 0.3) is 5.91 Å². The van der Waals surface area contributed by atoms with Gasteiger partial charge in [0, 0.05) is 36.2 Å². The van der Waals surface area contributed by atoms with E-state index < -0.39 is 0 Å². The average Bonchev–Trinajstić information content (AvgIpc) is 2.36. The summed E-state index contributed by atoms with van der Waals surface area (Å²) in [7, 11) is 1.65. The van der Waals surface area contributed by atoms with Gasteiger partial charge in [-0.05, 0) is 34.1 Å². The van der Waals surface area contributed by atoms with Gasteiger partial charge in [-0.25, -0.2) is 0 Å².